The van der Waals surface area contributed by atoms with Crippen LogP contribution in [0.2, 0.25) is 0 Å². The zero-order valence-corrected chi connectivity index (χ0v) is 32.3. The number of para-hydroxylation sites is 1. The smallest absolute Gasteiger partial charge is 0.160 e. The number of aryl methyl sites for hydroxylation is 1. The highest BCUT2D eigenvalue weighted by Crippen LogP contribution is 2.49. The molecule has 9 aromatic rings. The van der Waals surface area contributed by atoms with E-state index >= 15 is 0 Å². The molecule has 3 heterocycles. The maximum absolute atomic E-state index is 6.57. The van der Waals surface area contributed by atoms with E-state index in [1.807, 2.05) is 41.7 Å². The van der Waals surface area contributed by atoms with E-state index in [-0.39, 0.29) is 0 Å². The summed E-state index contributed by atoms with van der Waals surface area (Å²) in [4.78, 5) is 11.6. The van der Waals surface area contributed by atoms with E-state index in [4.69, 9.17) is 15.7 Å². The van der Waals surface area contributed by atoms with E-state index in [1.165, 1.54) is 47.9 Å². The third-order valence-electron chi connectivity index (χ3n) is 10.8. The van der Waals surface area contributed by atoms with Crippen LogP contribution in [0.25, 0.3) is 88.6 Å². The fourth-order valence-corrected chi connectivity index (χ4v) is 10.1. The van der Waals surface area contributed by atoms with Gasteiger partial charge < -0.3 is 10.3 Å². The van der Waals surface area contributed by atoms with Gasteiger partial charge in [-0.15, -0.1) is 11.3 Å². The molecule has 1 unspecified atom stereocenters. The number of hydrogen-bond donors (Lipinski definition) is 1. The molecular weight excluding hydrogens is 708 g/mol. The lowest BCUT2D eigenvalue weighted by Crippen LogP contribution is -2.06. The Labute approximate surface area is 326 Å². The van der Waals surface area contributed by atoms with Gasteiger partial charge in [0.2, 0.25) is 0 Å². The van der Waals surface area contributed by atoms with Crippen LogP contribution in [0, 0.1) is 6.92 Å². The molecule has 0 spiro atoms. The summed E-state index contributed by atoms with van der Waals surface area (Å²) in [5, 5.41) is 3.88. The van der Waals surface area contributed by atoms with Crippen molar-refractivity contribution in [1.29, 1.82) is 0 Å². The van der Waals surface area contributed by atoms with Gasteiger partial charge in [0, 0.05) is 53.7 Å². The second-order valence-electron chi connectivity index (χ2n) is 14.5. The number of nitrogens with zero attached hydrogens (tertiary/aromatic N) is 3. The molecular formula is C49H37N4PS. The Hall–Kier alpha value is -6.13. The van der Waals surface area contributed by atoms with Crippen LogP contribution in [0.3, 0.4) is 0 Å². The number of allylic oxidation sites excluding steroid dienone is 1. The molecule has 1 atom stereocenters. The summed E-state index contributed by atoms with van der Waals surface area (Å²) >= 11 is 1.97. The van der Waals surface area contributed by atoms with Crippen molar-refractivity contribution >= 4 is 74.9 Å². The van der Waals surface area contributed by atoms with E-state index in [9.17, 15) is 0 Å². The molecule has 2 N–H and O–H groups in total. The molecule has 1 aliphatic rings. The van der Waals surface area contributed by atoms with Crippen LogP contribution in [0.15, 0.2) is 140 Å². The zero-order chi connectivity index (χ0) is 37.2. The standard InChI is InChI=1S/C49H37N4PS/c1-29-12-9-16-32(24-29)39-26-34(41-28-44(54-3)52-49(51-41)31-14-5-4-6-15-31)27-40(33-17-11-18-35(50)25-33)46(39)53-42-21-8-7-19-38(42)45-43(53)23-22-37-36-20-10-13-30(2)47(36)55-48(37)45/h4-12,14-28,30H,3,13,50H2,1-2H3. The first kappa shape index (κ1) is 33.4. The molecule has 3 aromatic heterocycles. The molecule has 0 saturated carbocycles. The Balaban J connectivity index is 1.35. The van der Waals surface area contributed by atoms with Crippen molar-refractivity contribution in [1.82, 2.24) is 14.5 Å². The molecule has 55 heavy (non-hydrogen) atoms. The van der Waals surface area contributed by atoms with Gasteiger partial charge in [-0.3, -0.25) is 0 Å². The third kappa shape index (κ3) is 5.62. The van der Waals surface area contributed by atoms with Gasteiger partial charge in [-0.05, 0) is 78.4 Å². The minimum absolute atomic E-state index is 0.504. The Morgan fingerprint density at radius 1 is 0.727 bits per heavy atom. The maximum Gasteiger partial charge on any atom is 0.160 e. The zero-order valence-electron chi connectivity index (χ0n) is 30.6. The molecule has 0 amide bonds. The lowest BCUT2D eigenvalue weighted by Gasteiger charge is -2.21. The van der Waals surface area contributed by atoms with Gasteiger partial charge in [0.1, 0.15) is 0 Å². The van der Waals surface area contributed by atoms with Crippen molar-refractivity contribution < 1.29 is 0 Å². The Morgan fingerprint density at radius 3 is 2.25 bits per heavy atom. The van der Waals surface area contributed by atoms with E-state index < -0.39 is 0 Å². The van der Waals surface area contributed by atoms with E-state index in [1.54, 1.807) is 0 Å². The summed E-state index contributed by atoms with van der Waals surface area (Å²) in [7, 11) is 0.829. The number of nitrogens with two attached hydrogens (primary N) is 1. The number of anilines is 1. The summed E-state index contributed by atoms with van der Waals surface area (Å²) in [5.41, 5.74) is 21.3. The molecule has 0 fully saturated rings. The lowest BCUT2D eigenvalue weighted by molar-refractivity contribution is 0.791. The van der Waals surface area contributed by atoms with E-state index in [0.29, 0.717) is 17.4 Å². The highest BCUT2D eigenvalue weighted by atomic mass is 32.1. The summed E-state index contributed by atoms with van der Waals surface area (Å²) in [5.74, 6) is 1.19. The van der Waals surface area contributed by atoms with Crippen LogP contribution in [0.5, 0.6) is 0 Å². The number of rotatable bonds is 6. The van der Waals surface area contributed by atoms with Gasteiger partial charge >= 0.3 is 0 Å². The van der Waals surface area contributed by atoms with Crippen LogP contribution in [0.1, 0.15) is 35.3 Å². The van der Waals surface area contributed by atoms with Crippen LogP contribution < -0.4 is 11.2 Å². The molecule has 1 aliphatic carbocycles. The summed E-state index contributed by atoms with van der Waals surface area (Å²) in [6.45, 7) is 4.51. The minimum Gasteiger partial charge on any atom is -0.399 e. The van der Waals surface area contributed by atoms with Crippen molar-refractivity contribution in [3.63, 3.8) is 0 Å². The Morgan fingerprint density at radius 2 is 1.47 bits per heavy atom. The predicted molar refractivity (Wildman–Crippen MR) is 238 cm³/mol. The maximum atomic E-state index is 6.57. The normalized spacial score (nSPS) is 14.0. The molecule has 10 rings (SSSR count). The van der Waals surface area contributed by atoms with E-state index in [0.717, 1.165) is 64.8 Å². The average molecular weight is 745 g/mol. The molecule has 0 radical (unpaired) electrons. The van der Waals surface area contributed by atoms with Gasteiger partial charge in [0.25, 0.3) is 0 Å². The third-order valence-corrected chi connectivity index (χ3v) is 12.9. The topological polar surface area (TPSA) is 56.7 Å². The van der Waals surface area contributed by atoms with Crippen molar-refractivity contribution in [2.75, 3.05) is 5.73 Å². The average Bonchev–Trinajstić information content (AvgIpc) is 3.77. The Kier molecular flexibility index (Phi) is 8.10. The monoisotopic (exact) mass is 744 g/mol. The number of nitrogen functional groups attached to an aromatic ring is 1. The highest BCUT2D eigenvalue weighted by Gasteiger charge is 2.26. The molecule has 264 valence electrons. The molecule has 0 saturated heterocycles. The molecule has 0 bridgehead atoms. The first-order valence-corrected chi connectivity index (χ1v) is 20.5. The van der Waals surface area contributed by atoms with Crippen molar-refractivity contribution in [2.45, 2.75) is 26.2 Å². The van der Waals surface area contributed by atoms with Gasteiger partial charge in [-0.1, -0.05) is 130 Å². The molecule has 6 heteroatoms. The van der Waals surface area contributed by atoms with E-state index in [2.05, 4.69) is 140 Å². The fraction of sp³-hybridized carbons (Fsp3) is 0.0816. The summed E-state index contributed by atoms with van der Waals surface area (Å²) in [6, 6.07) is 47.5. The molecule has 4 nitrogen and oxygen atoms in total. The summed E-state index contributed by atoms with van der Waals surface area (Å²) in [6.07, 6.45) is 9.94. The van der Waals surface area contributed by atoms with Gasteiger partial charge in [0.15, 0.2) is 5.82 Å². The number of thiophene rings is 1. The molecule has 0 aliphatic heterocycles. The lowest BCUT2D eigenvalue weighted by atomic mass is 9.91. The minimum atomic E-state index is 0.504. The van der Waals surface area contributed by atoms with Crippen molar-refractivity contribution in [3.05, 3.63) is 156 Å². The molecule has 6 aromatic carbocycles. The quantitative estimate of drug-likeness (QED) is 0.136. The van der Waals surface area contributed by atoms with Crippen LogP contribution >= 0.6 is 19.5 Å². The van der Waals surface area contributed by atoms with Crippen LogP contribution in [-0.4, -0.2) is 20.8 Å². The number of aromatic nitrogens is 3. The first-order valence-electron chi connectivity index (χ1n) is 18.6. The number of benzene rings is 6. The Bertz CT molecular complexity index is 2960. The van der Waals surface area contributed by atoms with Gasteiger partial charge in [-0.2, -0.15) is 0 Å². The van der Waals surface area contributed by atoms with Crippen molar-refractivity contribution in [2.24, 2.45) is 0 Å². The van der Waals surface area contributed by atoms with Crippen molar-refractivity contribution in [3.8, 4) is 50.6 Å². The number of fused-ring (bicyclic) bond motifs is 7. The fourth-order valence-electron chi connectivity index (χ4n) is 8.28. The van der Waals surface area contributed by atoms with Gasteiger partial charge in [-0.25, -0.2) is 9.97 Å². The van der Waals surface area contributed by atoms with Crippen LogP contribution in [-0.2, 0) is 0 Å². The predicted octanol–water partition coefficient (Wildman–Crippen LogP) is 12.9. The summed E-state index contributed by atoms with van der Waals surface area (Å²) < 4.78 is 3.85. The number of hydrogen-bond acceptors (Lipinski definition) is 4. The SMILES string of the molecule is C=Pc1cc(-c2cc(-c3cccc(C)c3)c(-n3c4ccccc4c4c5sc6c(c5ccc43)C=CCC6C)c(-c3cccc(N)c3)c2)nc(-c2ccccc2)n1. The van der Waals surface area contributed by atoms with Crippen LogP contribution in [0.4, 0.5) is 5.69 Å². The first-order chi connectivity index (χ1) is 26.9. The second kappa shape index (κ2) is 13.3. The second-order valence-corrected chi connectivity index (χ2v) is 16.3. The largest absolute Gasteiger partial charge is 0.399 e. The highest BCUT2D eigenvalue weighted by molar-refractivity contribution is 7.45. The van der Waals surface area contributed by atoms with Gasteiger partial charge in [0.05, 0.1) is 27.8 Å².